The number of carbonyl (C=O) groups excluding carboxylic acids is 1. The number of carbonyl (C=O) groups is 1. The number of hydrogen-bond acceptors (Lipinski definition) is 4. The Kier molecular flexibility index (Phi) is 4.50. The van der Waals surface area contributed by atoms with Crippen molar-refractivity contribution in [3.05, 3.63) is 23.2 Å². The van der Waals surface area contributed by atoms with Gasteiger partial charge in [0, 0.05) is 26.2 Å². The predicted octanol–water partition coefficient (Wildman–Crippen LogP) is 1.08. The van der Waals surface area contributed by atoms with Gasteiger partial charge < -0.3 is 20.3 Å². The molecule has 1 fully saturated rings. The van der Waals surface area contributed by atoms with Crippen molar-refractivity contribution in [3.63, 3.8) is 0 Å². The monoisotopic (exact) mass is 283 g/mol. The van der Waals surface area contributed by atoms with Crippen LogP contribution in [0.3, 0.4) is 0 Å². The maximum atomic E-state index is 12.0. The SMILES string of the molecule is CN1CCN(C(=O)COc2c(N)cccc2Cl)CC1. The molecule has 0 saturated carbocycles. The fourth-order valence-corrected chi connectivity index (χ4v) is 2.20. The second-order valence-electron chi connectivity index (χ2n) is 4.63. The lowest BCUT2D eigenvalue weighted by molar-refractivity contribution is -0.134. The van der Waals surface area contributed by atoms with Gasteiger partial charge in [0.1, 0.15) is 0 Å². The second-order valence-corrected chi connectivity index (χ2v) is 5.04. The fraction of sp³-hybridized carbons (Fsp3) is 0.462. The molecule has 19 heavy (non-hydrogen) atoms. The highest BCUT2D eigenvalue weighted by molar-refractivity contribution is 6.32. The Labute approximate surface area is 117 Å². The molecule has 6 heteroatoms. The van der Waals surface area contributed by atoms with Crippen LogP contribution in [0.15, 0.2) is 18.2 Å². The first-order valence-electron chi connectivity index (χ1n) is 6.21. The molecule has 2 N–H and O–H groups in total. The van der Waals surface area contributed by atoms with E-state index in [0.29, 0.717) is 16.5 Å². The van der Waals surface area contributed by atoms with E-state index < -0.39 is 0 Å². The van der Waals surface area contributed by atoms with Crippen LogP contribution in [-0.2, 0) is 4.79 Å². The number of nitrogens with two attached hydrogens (primary N) is 1. The van der Waals surface area contributed by atoms with Gasteiger partial charge in [0.25, 0.3) is 5.91 Å². The van der Waals surface area contributed by atoms with Crippen LogP contribution in [-0.4, -0.2) is 55.5 Å². The predicted molar refractivity (Wildman–Crippen MR) is 75.4 cm³/mol. The molecule has 1 aromatic carbocycles. The largest absolute Gasteiger partial charge is 0.480 e. The molecule has 2 rings (SSSR count). The molecule has 0 spiro atoms. The van der Waals surface area contributed by atoms with E-state index >= 15 is 0 Å². The Bertz CT molecular complexity index is 439. The van der Waals surface area contributed by atoms with Gasteiger partial charge >= 0.3 is 0 Å². The Morgan fingerprint density at radius 3 is 2.68 bits per heavy atom. The molecule has 0 atom stereocenters. The summed E-state index contributed by atoms with van der Waals surface area (Å²) in [4.78, 5) is 16.0. The zero-order valence-electron chi connectivity index (χ0n) is 10.9. The Morgan fingerprint density at radius 1 is 1.37 bits per heavy atom. The molecule has 1 aliphatic heterocycles. The summed E-state index contributed by atoms with van der Waals surface area (Å²) in [6.07, 6.45) is 0. The van der Waals surface area contributed by atoms with Gasteiger partial charge in [-0.05, 0) is 19.2 Å². The number of anilines is 1. The third-order valence-electron chi connectivity index (χ3n) is 3.19. The maximum absolute atomic E-state index is 12.0. The van der Waals surface area contributed by atoms with Crippen LogP contribution in [0.5, 0.6) is 5.75 Å². The van der Waals surface area contributed by atoms with Crippen molar-refractivity contribution in [1.82, 2.24) is 9.80 Å². The standard InChI is InChI=1S/C13H18ClN3O2/c1-16-5-7-17(8-6-16)12(18)9-19-13-10(14)3-2-4-11(13)15/h2-4H,5-9,15H2,1H3. The number of nitrogen functional groups attached to an aromatic ring is 1. The van der Waals surface area contributed by atoms with Gasteiger partial charge in [-0.15, -0.1) is 0 Å². The van der Waals surface area contributed by atoms with Crippen molar-refractivity contribution in [1.29, 1.82) is 0 Å². The zero-order chi connectivity index (χ0) is 13.8. The molecular formula is C13H18ClN3O2. The number of hydrogen-bond donors (Lipinski definition) is 1. The highest BCUT2D eigenvalue weighted by Crippen LogP contribution is 2.30. The lowest BCUT2D eigenvalue weighted by Crippen LogP contribution is -2.48. The number of benzene rings is 1. The van der Waals surface area contributed by atoms with Gasteiger partial charge in [0.05, 0.1) is 10.7 Å². The molecule has 0 aromatic heterocycles. The molecule has 1 aromatic rings. The van der Waals surface area contributed by atoms with Crippen LogP contribution in [0.1, 0.15) is 0 Å². The quantitative estimate of drug-likeness (QED) is 0.843. The van der Waals surface area contributed by atoms with E-state index in [0.717, 1.165) is 26.2 Å². The third kappa shape index (κ3) is 3.52. The van der Waals surface area contributed by atoms with E-state index in [9.17, 15) is 4.79 Å². The number of halogens is 1. The summed E-state index contributed by atoms with van der Waals surface area (Å²) in [7, 11) is 2.04. The van der Waals surface area contributed by atoms with Gasteiger partial charge in [0.15, 0.2) is 12.4 Å². The van der Waals surface area contributed by atoms with Crippen molar-refractivity contribution < 1.29 is 9.53 Å². The smallest absolute Gasteiger partial charge is 0.260 e. The molecule has 0 aliphatic carbocycles. The van der Waals surface area contributed by atoms with Crippen molar-refractivity contribution in [2.75, 3.05) is 45.6 Å². The summed E-state index contributed by atoms with van der Waals surface area (Å²) in [5, 5.41) is 0.422. The highest BCUT2D eigenvalue weighted by atomic mass is 35.5. The molecule has 1 saturated heterocycles. The molecule has 0 bridgehead atoms. The maximum Gasteiger partial charge on any atom is 0.260 e. The van der Waals surface area contributed by atoms with Crippen LogP contribution in [0.25, 0.3) is 0 Å². The molecule has 0 radical (unpaired) electrons. The van der Waals surface area contributed by atoms with Crippen molar-refractivity contribution in [2.45, 2.75) is 0 Å². The summed E-state index contributed by atoms with van der Waals surface area (Å²) in [5.74, 6) is 0.346. The molecule has 0 unspecified atom stereocenters. The Balaban J connectivity index is 1.90. The minimum atomic E-state index is -0.0348. The van der Waals surface area contributed by atoms with Gasteiger partial charge in [-0.25, -0.2) is 0 Å². The number of nitrogens with zero attached hydrogens (tertiary/aromatic N) is 2. The number of rotatable bonds is 3. The van der Waals surface area contributed by atoms with Gasteiger partial charge in [-0.3, -0.25) is 4.79 Å². The zero-order valence-corrected chi connectivity index (χ0v) is 11.7. The van der Waals surface area contributed by atoms with E-state index in [4.69, 9.17) is 22.1 Å². The summed E-state index contributed by atoms with van der Waals surface area (Å²) in [5.41, 5.74) is 6.21. The molecule has 104 valence electrons. The molecular weight excluding hydrogens is 266 g/mol. The number of para-hydroxylation sites is 1. The van der Waals surface area contributed by atoms with E-state index in [-0.39, 0.29) is 12.5 Å². The topological polar surface area (TPSA) is 58.8 Å². The third-order valence-corrected chi connectivity index (χ3v) is 3.49. The van der Waals surface area contributed by atoms with Crippen molar-refractivity contribution >= 4 is 23.2 Å². The van der Waals surface area contributed by atoms with Gasteiger partial charge in [0.2, 0.25) is 0 Å². The first-order chi connectivity index (χ1) is 9.08. The van der Waals surface area contributed by atoms with Gasteiger partial charge in [-0.1, -0.05) is 17.7 Å². The van der Waals surface area contributed by atoms with Crippen LogP contribution in [0.2, 0.25) is 5.02 Å². The van der Waals surface area contributed by atoms with Crippen molar-refractivity contribution in [3.8, 4) is 5.75 Å². The molecule has 5 nitrogen and oxygen atoms in total. The normalized spacial score (nSPS) is 16.4. The first-order valence-corrected chi connectivity index (χ1v) is 6.59. The van der Waals surface area contributed by atoms with Crippen molar-refractivity contribution in [2.24, 2.45) is 0 Å². The summed E-state index contributed by atoms with van der Waals surface area (Å²) >= 11 is 5.98. The Morgan fingerprint density at radius 2 is 2.05 bits per heavy atom. The highest BCUT2D eigenvalue weighted by Gasteiger charge is 2.19. The summed E-state index contributed by atoms with van der Waals surface area (Å²) < 4.78 is 5.45. The lowest BCUT2D eigenvalue weighted by Gasteiger charge is -2.32. The van der Waals surface area contributed by atoms with E-state index in [2.05, 4.69) is 4.90 Å². The lowest BCUT2D eigenvalue weighted by atomic mass is 10.3. The summed E-state index contributed by atoms with van der Waals surface area (Å²) in [6.45, 7) is 3.21. The Hall–Kier alpha value is -1.46. The van der Waals surface area contributed by atoms with Crippen LogP contribution < -0.4 is 10.5 Å². The van der Waals surface area contributed by atoms with Gasteiger partial charge in [-0.2, -0.15) is 0 Å². The average Bonchev–Trinajstić information content (AvgIpc) is 2.38. The number of likely N-dealkylation sites (N-methyl/N-ethyl adjacent to an activating group) is 1. The van der Waals surface area contributed by atoms with E-state index in [1.807, 2.05) is 7.05 Å². The molecule has 1 aliphatic rings. The first kappa shape index (κ1) is 14.0. The number of amides is 1. The van der Waals surface area contributed by atoms with Crippen LogP contribution >= 0.6 is 11.6 Å². The second kappa shape index (κ2) is 6.12. The minimum Gasteiger partial charge on any atom is -0.480 e. The fourth-order valence-electron chi connectivity index (χ4n) is 1.96. The van der Waals surface area contributed by atoms with E-state index in [1.54, 1.807) is 23.1 Å². The van der Waals surface area contributed by atoms with Crippen LogP contribution in [0.4, 0.5) is 5.69 Å². The number of piperazine rings is 1. The van der Waals surface area contributed by atoms with Crippen LogP contribution in [0, 0.1) is 0 Å². The minimum absolute atomic E-state index is 0.0301. The average molecular weight is 284 g/mol. The van der Waals surface area contributed by atoms with E-state index in [1.165, 1.54) is 0 Å². The molecule has 1 amide bonds. The molecule has 1 heterocycles. The summed E-state index contributed by atoms with van der Waals surface area (Å²) in [6, 6.07) is 5.13. The number of ether oxygens (including phenoxy) is 1.